The number of nitrogens with zero attached hydrogens (tertiary/aromatic N) is 3. The summed E-state index contributed by atoms with van der Waals surface area (Å²) < 4.78 is 14.0. The predicted octanol–water partition coefficient (Wildman–Crippen LogP) is 2.41. The Kier molecular flexibility index (Phi) is 4.80. The van der Waals surface area contributed by atoms with E-state index < -0.39 is 5.54 Å². The maximum absolute atomic E-state index is 14.0. The lowest BCUT2D eigenvalue weighted by Gasteiger charge is -2.37. The monoisotopic (exact) mass is 374 g/mol. The fourth-order valence-corrected chi connectivity index (χ4v) is 4.44. The number of urea groups is 1. The predicted molar refractivity (Wildman–Crippen MR) is 101 cm³/mol. The van der Waals surface area contributed by atoms with Gasteiger partial charge in [-0.15, -0.1) is 0 Å². The van der Waals surface area contributed by atoms with Crippen LogP contribution in [0.15, 0.2) is 24.3 Å². The number of anilines is 1. The summed E-state index contributed by atoms with van der Waals surface area (Å²) in [6.07, 6.45) is 3.41. The van der Waals surface area contributed by atoms with Crippen molar-refractivity contribution in [3.8, 4) is 0 Å². The Morgan fingerprint density at radius 2 is 1.78 bits per heavy atom. The summed E-state index contributed by atoms with van der Waals surface area (Å²) in [7, 11) is 0. The van der Waals surface area contributed by atoms with E-state index in [2.05, 4.69) is 17.1 Å². The molecular formula is C20H27FN4O2. The van der Waals surface area contributed by atoms with Crippen LogP contribution in [0.25, 0.3) is 0 Å². The first-order chi connectivity index (χ1) is 13.0. The maximum Gasteiger partial charge on any atom is 0.326 e. The van der Waals surface area contributed by atoms with Gasteiger partial charge >= 0.3 is 6.03 Å². The number of rotatable bonds is 3. The Bertz CT molecular complexity index is 724. The third-order valence-electron chi connectivity index (χ3n) is 6.28. The SMILES string of the molecule is CC1CCC2(CC1)NC(=O)N(CN1CCN(c3ccccc3F)CC1)C2=O. The molecule has 0 radical (unpaired) electrons. The largest absolute Gasteiger partial charge is 0.367 e. The molecule has 3 amide bonds. The van der Waals surface area contributed by atoms with Crippen molar-refractivity contribution < 1.29 is 14.0 Å². The number of hydrogen-bond acceptors (Lipinski definition) is 4. The lowest BCUT2D eigenvalue weighted by molar-refractivity contribution is -0.134. The minimum atomic E-state index is -0.682. The molecule has 1 saturated carbocycles. The van der Waals surface area contributed by atoms with Gasteiger partial charge < -0.3 is 10.2 Å². The summed E-state index contributed by atoms with van der Waals surface area (Å²) in [4.78, 5) is 30.9. The molecule has 0 aromatic heterocycles. The van der Waals surface area contributed by atoms with Gasteiger partial charge in [-0.3, -0.25) is 9.69 Å². The zero-order valence-electron chi connectivity index (χ0n) is 15.8. The summed E-state index contributed by atoms with van der Waals surface area (Å²) in [5.74, 6) is 0.324. The second kappa shape index (κ2) is 7.11. The average Bonchev–Trinajstić information content (AvgIpc) is 2.90. The van der Waals surface area contributed by atoms with Gasteiger partial charge in [0, 0.05) is 26.2 Å². The minimum Gasteiger partial charge on any atom is -0.367 e. The van der Waals surface area contributed by atoms with E-state index in [0.29, 0.717) is 44.5 Å². The number of piperazine rings is 1. The number of carbonyl (C=O) groups excluding carboxylic acids is 2. The number of para-hydroxylation sites is 1. The van der Waals surface area contributed by atoms with Crippen LogP contribution in [0.5, 0.6) is 0 Å². The molecule has 2 heterocycles. The van der Waals surface area contributed by atoms with Gasteiger partial charge in [0.05, 0.1) is 12.4 Å². The topological polar surface area (TPSA) is 55.9 Å². The molecule has 2 saturated heterocycles. The smallest absolute Gasteiger partial charge is 0.326 e. The highest BCUT2D eigenvalue weighted by Gasteiger charge is 2.52. The average molecular weight is 374 g/mol. The van der Waals surface area contributed by atoms with Gasteiger partial charge in [-0.1, -0.05) is 19.1 Å². The first kappa shape index (κ1) is 18.2. The summed E-state index contributed by atoms with van der Waals surface area (Å²) in [6, 6.07) is 6.51. The molecule has 3 aliphatic rings. The second-order valence-corrected chi connectivity index (χ2v) is 8.13. The van der Waals surface area contributed by atoms with Crippen molar-refractivity contribution in [1.29, 1.82) is 0 Å². The number of benzene rings is 1. The molecule has 1 aromatic rings. The van der Waals surface area contributed by atoms with Crippen molar-refractivity contribution in [1.82, 2.24) is 15.1 Å². The molecule has 1 spiro atoms. The summed E-state index contributed by atoms with van der Waals surface area (Å²) in [6.45, 7) is 5.24. The molecular weight excluding hydrogens is 347 g/mol. The van der Waals surface area contributed by atoms with Crippen LogP contribution in [-0.4, -0.2) is 60.1 Å². The van der Waals surface area contributed by atoms with Crippen LogP contribution in [0.3, 0.4) is 0 Å². The first-order valence-corrected chi connectivity index (χ1v) is 9.84. The normalized spacial score (nSPS) is 29.5. The lowest BCUT2D eigenvalue weighted by atomic mass is 9.77. The van der Waals surface area contributed by atoms with Crippen LogP contribution in [-0.2, 0) is 4.79 Å². The van der Waals surface area contributed by atoms with Crippen molar-refractivity contribution in [3.05, 3.63) is 30.1 Å². The molecule has 1 aromatic carbocycles. The van der Waals surface area contributed by atoms with Gasteiger partial charge in [-0.25, -0.2) is 14.1 Å². The van der Waals surface area contributed by atoms with Crippen molar-refractivity contribution in [2.45, 2.75) is 38.1 Å². The van der Waals surface area contributed by atoms with Crippen molar-refractivity contribution >= 4 is 17.6 Å². The highest BCUT2D eigenvalue weighted by atomic mass is 19.1. The summed E-state index contributed by atoms with van der Waals surface area (Å²) in [5.41, 5.74) is -0.0686. The Labute approximate surface area is 159 Å². The quantitative estimate of drug-likeness (QED) is 0.826. The lowest BCUT2D eigenvalue weighted by Crippen LogP contribution is -2.52. The third-order valence-corrected chi connectivity index (χ3v) is 6.28. The Balaban J connectivity index is 1.36. The molecule has 0 atom stereocenters. The number of carbonyl (C=O) groups is 2. The molecule has 1 N–H and O–H groups in total. The molecule has 7 heteroatoms. The molecule has 3 fully saturated rings. The number of imide groups is 1. The van der Waals surface area contributed by atoms with E-state index in [9.17, 15) is 14.0 Å². The van der Waals surface area contributed by atoms with Crippen LogP contribution in [0.2, 0.25) is 0 Å². The van der Waals surface area contributed by atoms with E-state index in [1.165, 1.54) is 11.0 Å². The molecule has 2 aliphatic heterocycles. The van der Waals surface area contributed by atoms with E-state index in [4.69, 9.17) is 0 Å². The number of hydrogen-bond donors (Lipinski definition) is 1. The van der Waals surface area contributed by atoms with E-state index in [1.54, 1.807) is 12.1 Å². The second-order valence-electron chi connectivity index (χ2n) is 8.13. The fourth-order valence-electron chi connectivity index (χ4n) is 4.44. The van der Waals surface area contributed by atoms with Gasteiger partial charge in [0.2, 0.25) is 0 Å². The molecule has 6 nitrogen and oxygen atoms in total. The van der Waals surface area contributed by atoms with Gasteiger partial charge in [-0.2, -0.15) is 0 Å². The number of halogens is 1. The molecule has 1 aliphatic carbocycles. The fraction of sp³-hybridized carbons (Fsp3) is 0.600. The van der Waals surface area contributed by atoms with Crippen LogP contribution in [0.1, 0.15) is 32.6 Å². The third kappa shape index (κ3) is 3.40. The standard InChI is InChI=1S/C20H27FN4O2/c1-15-6-8-20(9-7-15)18(26)25(19(27)22-20)14-23-10-12-24(13-11-23)17-5-3-2-4-16(17)21/h2-5,15H,6-14H2,1H3,(H,22,27). The van der Waals surface area contributed by atoms with Gasteiger partial charge in [0.25, 0.3) is 5.91 Å². The van der Waals surface area contributed by atoms with Gasteiger partial charge in [0.1, 0.15) is 11.4 Å². The molecule has 4 rings (SSSR count). The summed E-state index contributed by atoms with van der Waals surface area (Å²) in [5, 5.41) is 2.97. The highest BCUT2D eigenvalue weighted by molar-refractivity contribution is 6.07. The minimum absolute atomic E-state index is 0.0732. The number of amides is 3. The van der Waals surface area contributed by atoms with Gasteiger partial charge in [0.15, 0.2) is 0 Å². The maximum atomic E-state index is 14.0. The molecule has 146 valence electrons. The van der Waals surface area contributed by atoms with Crippen LogP contribution in [0.4, 0.5) is 14.9 Å². The Hall–Kier alpha value is -2.15. The molecule has 0 unspecified atom stereocenters. The Morgan fingerprint density at radius 1 is 1.11 bits per heavy atom. The van der Waals surface area contributed by atoms with Crippen LogP contribution >= 0.6 is 0 Å². The van der Waals surface area contributed by atoms with E-state index >= 15 is 0 Å². The van der Waals surface area contributed by atoms with Crippen molar-refractivity contribution in [3.63, 3.8) is 0 Å². The van der Waals surface area contributed by atoms with Crippen LogP contribution in [0, 0.1) is 11.7 Å². The van der Waals surface area contributed by atoms with E-state index in [-0.39, 0.29) is 17.8 Å². The van der Waals surface area contributed by atoms with E-state index in [1.807, 2.05) is 11.0 Å². The zero-order chi connectivity index (χ0) is 19.0. The molecule has 0 bridgehead atoms. The van der Waals surface area contributed by atoms with Crippen molar-refractivity contribution in [2.24, 2.45) is 5.92 Å². The van der Waals surface area contributed by atoms with Crippen LogP contribution < -0.4 is 10.2 Å². The first-order valence-electron chi connectivity index (χ1n) is 9.84. The van der Waals surface area contributed by atoms with E-state index in [0.717, 1.165) is 25.7 Å². The number of nitrogens with one attached hydrogen (secondary N) is 1. The summed E-state index contributed by atoms with van der Waals surface area (Å²) >= 11 is 0. The zero-order valence-corrected chi connectivity index (χ0v) is 15.8. The van der Waals surface area contributed by atoms with Gasteiger partial charge in [-0.05, 0) is 43.7 Å². The molecule has 27 heavy (non-hydrogen) atoms. The Morgan fingerprint density at radius 3 is 2.44 bits per heavy atom. The van der Waals surface area contributed by atoms with Crippen molar-refractivity contribution in [2.75, 3.05) is 37.7 Å². The highest BCUT2D eigenvalue weighted by Crippen LogP contribution is 2.36.